The number of amides is 2. The summed E-state index contributed by atoms with van der Waals surface area (Å²) in [6.07, 6.45) is 9.49. The maximum atomic E-state index is 13.0. The quantitative estimate of drug-likeness (QED) is 0.597. The molecule has 2 N–H and O–H groups in total. The summed E-state index contributed by atoms with van der Waals surface area (Å²) >= 11 is 0. The zero-order valence-corrected chi connectivity index (χ0v) is 18.0. The van der Waals surface area contributed by atoms with Crippen LogP contribution in [0.1, 0.15) is 61.0 Å². The van der Waals surface area contributed by atoms with Gasteiger partial charge in [0.25, 0.3) is 11.6 Å². The van der Waals surface area contributed by atoms with Crippen LogP contribution in [0.5, 0.6) is 0 Å². The Morgan fingerprint density at radius 1 is 1.12 bits per heavy atom. The average Bonchev–Trinajstić information content (AvgIpc) is 3.40. The van der Waals surface area contributed by atoms with E-state index in [0.29, 0.717) is 34.5 Å². The molecule has 4 fully saturated rings. The molecule has 7 rings (SSSR count). The van der Waals surface area contributed by atoms with Gasteiger partial charge in [0.15, 0.2) is 5.76 Å². The molecule has 166 valence electrons. The normalized spacial score (nSPS) is 28.2. The van der Waals surface area contributed by atoms with E-state index in [-0.39, 0.29) is 17.0 Å². The van der Waals surface area contributed by atoms with Gasteiger partial charge in [0.05, 0.1) is 22.9 Å². The number of hydrazine groups is 1. The number of aromatic nitrogens is 2. The minimum absolute atomic E-state index is 0.116. The Hall–Kier alpha value is -3.16. The van der Waals surface area contributed by atoms with Crippen LogP contribution in [0.2, 0.25) is 0 Å². The number of pyridine rings is 1. The third-order valence-electron chi connectivity index (χ3n) is 7.65. The first-order chi connectivity index (χ1) is 15.5. The lowest BCUT2D eigenvalue weighted by Gasteiger charge is -2.56. The summed E-state index contributed by atoms with van der Waals surface area (Å²) in [5.41, 5.74) is 6.97. The van der Waals surface area contributed by atoms with Crippen LogP contribution in [0.15, 0.2) is 33.4 Å². The smallest absolute Gasteiger partial charge is 0.270 e. The molecule has 0 aliphatic heterocycles. The van der Waals surface area contributed by atoms with Crippen molar-refractivity contribution in [2.45, 2.75) is 51.9 Å². The summed E-state index contributed by atoms with van der Waals surface area (Å²) < 4.78 is 10.7. The monoisotopic (exact) mass is 434 g/mol. The summed E-state index contributed by atoms with van der Waals surface area (Å²) in [7, 11) is 0. The number of carbonyl (C=O) groups excluding carboxylic acids is 2. The molecule has 3 heterocycles. The minimum atomic E-state index is -0.435. The molecule has 0 spiro atoms. The van der Waals surface area contributed by atoms with E-state index in [4.69, 9.17) is 8.94 Å². The van der Waals surface area contributed by atoms with E-state index >= 15 is 0 Å². The number of hydrogen-bond acceptors (Lipinski definition) is 6. The van der Waals surface area contributed by atoms with E-state index in [1.165, 1.54) is 25.5 Å². The lowest BCUT2D eigenvalue weighted by Crippen LogP contribution is -2.50. The van der Waals surface area contributed by atoms with Crippen molar-refractivity contribution in [1.82, 2.24) is 21.0 Å². The third-order valence-corrected chi connectivity index (χ3v) is 7.65. The summed E-state index contributed by atoms with van der Waals surface area (Å²) in [6.45, 7) is 1.75. The largest absolute Gasteiger partial charge is 0.463 e. The van der Waals surface area contributed by atoms with Gasteiger partial charge in [-0.25, -0.2) is 4.98 Å². The first-order valence-electron chi connectivity index (χ1n) is 11.4. The minimum Gasteiger partial charge on any atom is -0.463 e. The number of aryl methyl sites for hydroxylation is 1. The molecule has 4 bridgehead atoms. The van der Waals surface area contributed by atoms with Gasteiger partial charge in [0.1, 0.15) is 5.69 Å². The number of furan rings is 1. The van der Waals surface area contributed by atoms with Crippen molar-refractivity contribution in [2.24, 2.45) is 23.2 Å². The number of rotatable bonds is 4. The van der Waals surface area contributed by atoms with Crippen LogP contribution < -0.4 is 10.9 Å². The van der Waals surface area contributed by atoms with Crippen molar-refractivity contribution >= 4 is 22.9 Å². The van der Waals surface area contributed by atoms with E-state index in [1.54, 1.807) is 25.1 Å². The second-order valence-electron chi connectivity index (χ2n) is 10.1. The van der Waals surface area contributed by atoms with Crippen LogP contribution in [0.25, 0.3) is 22.6 Å². The van der Waals surface area contributed by atoms with Gasteiger partial charge in [-0.1, -0.05) is 5.16 Å². The van der Waals surface area contributed by atoms with Crippen LogP contribution >= 0.6 is 0 Å². The fraction of sp³-hybridized carbons (Fsp3) is 0.500. The topological polar surface area (TPSA) is 110 Å². The zero-order chi connectivity index (χ0) is 21.9. The molecule has 0 radical (unpaired) electrons. The Morgan fingerprint density at radius 3 is 2.50 bits per heavy atom. The fourth-order valence-corrected chi connectivity index (χ4v) is 6.91. The highest BCUT2D eigenvalue weighted by Crippen LogP contribution is 2.61. The second kappa shape index (κ2) is 7.18. The predicted molar refractivity (Wildman–Crippen MR) is 115 cm³/mol. The maximum Gasteiger partial charge on any atom is 0.270 e. The van der Waals surface area contributed by atoms with Crippen LogP contribution in [0.4, 0.5) is 0 Å². The van der Waals surface area contributed by atoms with E-state index in [0.717, 1.165) is 37.0 Å². The van der Waals surface area contributed by atoms with E-state index in [2.05, 4.69) is 21.0 Å². The first kappa shape index (κ1) is 19.5. The van der Waals surface area contributed by atoms with Crippen LogP contribution in [-0.4, -0.2) is 22.0 Å². The molecular weight excluding hydrogens is 408 g/mol. The van der Waals surface area contributed by atoms with Crippen LogP contribution in [0, 0.1) is 30.1 Å². The Labute approximate surface area is 185 Å². The molecule has 0 unspecified atom stereocenters. The standard InChI is InChI=1S/C24H26N4O4/c1-13-21-17(8-18(19-3-2-4-31-19)25-23(21)32-28-13)22(30)27-26-20(29)12-24-9-14-5-15(10-24)7-16(6-14)11-24/h2-4,8,14-16H,5-7,9-12H2,1H3,(H,26,29)(H,27,30). The van der Waals surface area contributed by atoms with E-state index in [1.807, 2.05) is 0 Å². The summed E-state index contributed by atoms with van der Waals surface area (Å²) in [6, 6.07) is 5.13. The number of nitrogens with zero attached hydrogens (tertiary/aromatic N) is 2. The zero-order valence-electron chi connectivity index (χ0n) is 18.0. The predicted octanol–water partition coefficient (Wildman–Crippen LogP) is 4.16. The molecule has 4 aliphatic carbocycles. The number of fused-ring (bicyclic) bond motifs is 1. The number of nitrogens with one attached hydrogen (secondary N) is 2. The Morgan fingerprint density at radius 2 is 1.84 bits per heavy atom. The molecule has 3 aromatic heterocycles. The van der Waals surface area contributed by atoms with Gasteiger partial charge in [-0.3, -0.25) is 20.4 Å². The number of carbonyl (C=O) groups is 2. The fourth-order valence-electron chi connectivity index (χ4n) is 6.91. The first-order valence-corrected chi connectivity index (χ1v) is 11.4. The number of hydrogen-bond donors (Lipinski definition) is 2. The molecule has 4 aliphatic rings. The molecule has 8 heteroatoms. The SMILES string of the molecule is Cc1noc2nc(-c3ccco3)cc(C(=O)NNC(=O)CC34CC5CC(CC(C5)C3)C4)c12. The molecule has 8 nitrogen and oxygen atoms in total. The van der Waals surface area contributed by atoms with Crippen molar-refractivity contribution in [3.8, 4) is 11.5 Å². The van der Waals surface area contributed by atoms with E-state index in [9.17, 15) is 9.59 Å². The maximum absolute atomic E-state index is 13.0. The van der Waals surface area contributed by atoms with Gasteiger partial charge in [0, 0.05) is 6.42 Å². The summed E-state index contributed by atoms with van der Waals surface area (Å²) in [5.74, 6) is 2.30. The van der Waals surface area contributed by atoms with Crippen molar-refractivity contribution in [3.63, 3.8) is 0 Å². The van der Waals surface area contributed by atoms with Gasteiger partial charge >= 0.3 is 0 Å². The third kappa shape index (κ3) is 3.29. The van der Waals surface area contributed by atoms with Crippen LogP contribution in [0.3, 0.4) is 0 Å². The molecule has 4 saturated carbocycles. The molecule has 0 aromatic carbocycles. The van der Waals surface area contributed by atoms with Crippen molar-refractivity contribution < 1.29 is 18.5 Å². The Kier molecular flexibility index (Phi) is 4.38. The highest BCUT2D eigenvalue weighted by molar-refractivity contribution is 6.07. The van der Waals surface area contributed by atoms with Gasteiger partial charge in [-0.15, -0.1) is 0 Å². The molecule has 0 saturated heterocycles. The molecule has 2 amide bonds. The molecule has 3 aromatic rings. The van der Waals surface area contributed by atoms with Gasteiger partial charge in [-0.05, 0) is 86.8 Å². The lowest BCUT2D eigenvalue weighted by molar-refractivity contribution is -0.130. The molecule has 0 atom stereocenters. The van der Waals surface area contributed by atoms with Crippen molar-refractivity contribution in [1.29, 1.82) is 0 Å². The molecule has 32 heavy (non-hydrogen) atoms. The average molecular weight is 434 g/mol. The summed E-state index contributed by atoms with van der Waals surface area (Å²) in [4.78, 5) is 30.3. The van der Waals surface area contributed by atoms with Gasteiger partial charge in [0.2, 0.25) is 5.91 Å². The van der Waals surface area contributed by atoms with Gasteiger partial charge in [-0.2, -0.15) is 0 Å². The van der Waals surface area contributed by atoms with Gasteiger partial charge < -0.3 is 8.94 Å². The summed E-state index contributed by atoms with van der Waals surface area (Å²) in [5, 5.41) is 4.46. The van der Waals surface area contributed by atoms with Crippen molar-refractivity contribution in [2.75, 3.05) is 0 Å². The Bertz CT molecular complexity index is 1160. The van der Waals surface area contributed by atoms with E-state index < -0.39 is 5.91 Å². The highest BCUT2D eigenvalue weighted by Gasteiger charge is 2.51. The highest BCUT2D eigenvalue weighted by atomic mass is 16.5. The Balaban J connectivity index is 1.19. The van der Waals surface area contributed by atoms with Crippen LogP contribution in [-0.2, 0) is 4.79 Å². The second-order valence-corrected chi connectivity index (χ2v) is 10.1. The van der Waals surface area contributed by atoms with Crippen molar-refractivity contribution in [3.05, 3.63) is 35.7 Å². The molecular formula is C24H26N4O4. The lowest BCUT2D eigenvalue weighted by atomic mass is 9.49.